The van der Waals surface area contributed by atoms with E-state index < -0.39 is 0 Å². The molecule has 1 aliphatic heterocycles. The minimum Gasteiger partial charge on any atom is -0.477 e. The van der Waals surface area contributed by atoms with Crippen LogP contribution in [0, 0.1) is 0 Å². The molecule has 0 atom stereocenters. The number of aromatic nitrogens is 1. The SMILES string of the molecule is Brc1cnc2c(c1)CCCO2. The van der Waals surface area contributed by atoms with Crippen molar-refractivity contribution < 1.29 is 4.74 Å². The van der Waals surface area contributed by atoms with Gasteiger partial charge in [0.15, 0.2) is 0 Å². The van der Waals surface area contributed by atoms with Gasteiger partial charge in [0.2, 0.25) is 5.88 Å². The molecule has 1 aromatic rings. The maximum absolute atomic E-state index is 5.35. The number of hydrogen-bond acceptors (Lipinski definition) is 2. The number of hydrogen-bond donors (Lipinski definition) is 0. The Balaban J connectivity index is 2.43. The first-order valence-electron chi connectivity index (χ1n) is 3.63. The van der Waals surface area contributed by atoms with Gasteiger partial charge in [-0.15, -0.1) is 0 Å². The smallest absolute Gasteiger partial charge is 0.216 e. The van der Waals surface area contributed by atoms with E-state index in [1.165, 1.54) is 5.56 Å². The van der Waals surface area contributed by atoms with Gasteiger partial charge in [-0.1, -0.05) is 0 Å². The number of fused-ring (bicyclic) bond motifs is 1. The maximum Gasteiger partial charge on any atom is 0.216 e. The van der Waals surface area contributed by atoms with Gasteiger partial charge in [-0.05, 0) is 34.8 Å². The molecule has 0 aromatic carbocycles. The second-order valence-electron chi connectivity index (χ2n) is 2.57. The van der Waals surface area contributed by atoms with E-state index in [4.69, 9.17) is 4.74 Å². The van der Waals surface area contributed by atoms with Crippen molar-refractivity contribution in [3.05, 3.63) is 22.3 Å². The molecule has 0 aliphatic carbocycles. The molecule has 3 heteroatoms. The molecule has 0 fully saturated rings. The van der Waals surface area contributed by atoms with Crippen LogP contribution in [0.2, 0.25) is 0 Å². The van der Waals surface area contributed by atoms with E-state index in [0.717, 1.165) is 29.8 Å². The highest BCUT2D eigenvalue weighted by Crippen LogP contribution is 2.24. The summed E-state index contributed by atoms with van der Waals surface area (Å²) in [5.74, 6) is 0.805. The van der Waals surface area contributed by atoms with Crippen molar-refractivity contribution >= 4 is 15.9 Å². The first kappa shape index (κ1) is 7.10. The molecule has 2 nitrogen and oxygen atoms in total. The minimum absolute atomic E-state index is 0.805. The van der Waals surface area contributed by atoms with Gasteiger partial charge in [-0.25, -0.2) is 4.98 Å². The lowest BCUT2D eigenvalue weighted by Crippen LogP contribution is -2.09. The Bertz CT molecular complexity index is 275. The average Bonchev–Trinajstić information content (AvgIpc) is 2.04. The molecule has 58 valence electrons. The Morgan fingerprint density at radius 3 is 3.36 bits per heavy atom. The van der Waals surface area contributed by atoms with Gasteiger partial charge in [0.05, 0.1) is 6.61 Å². The minimum atomic E-state index is 0.805. The number of rotatable bonds is 0. The van der Waals surface area contributed by atoms with E-state index in [0.29, 0.717) is 0 Å². The summed E-state index contributed by atoms with van der Waals surface area (Å²) in [6, 6.07) is 2.07. The third kappa shape index (κ3) is 1.38. The van der Waals surface area contributed by atoms with E-state index in [9.17, 15) is 0 Å². The molecule has 0 saturated carbocycles. The first-order valence-corrected chi connectivity index (χ1v) is 4.43. The molecule has 2 rings (SSSR count). The fourth-order valence-electron chi connectivity index (χ4n) is 1.21. The standard InChI is InChI=1S/C8H8BrNO/c9-7-4-6-2-1-3-11-8(6)10-5-7/h4-5H,1-3H2. The lowest BCUT2D eigenvalue weighted by molar-refractivity contribution is 0.276. The highest BCUT2D eigenvalue weighted by molar-refractivity contribution is 9.10. The van der Waals surface area contributed by atoms with Crippen molar-refractivity contribution in [2.45, 2.75) is 12.8 Å². The molecule has 0 bridgehead atoms. The third-order valence-electron chi connectivity index (χ3n) is 1.72. The molecule has 0 N–H and O–H groups in total. The summed E-state index contributed by atoms with van der Waals surface area (Å²) in [6.07, 6.45) is 3.96. The second kappa shape index (κ2) is 2.81. The molecular formula is C8H8BrNO. The zero-order valence-corrected chi connectivity index (χ0v) is 7.60. The van der Waals surface area contributed by atoms with Crippen molar-refractivity contribution in [1.29, 1.82) is 0 Å². The second-order valence-corrected chi connectivity index (χ2v) is 3.49. The summed E-state index contributed by atoms with van der Waals surface area (Å²) in [5, 5.41) is 0. The highest BCUT2D eigenvalue weighted by Gasteiger charge is 2.10. The van der Waals surface area contributed by atoms with Gasteiger partial charge in [-0.2, -0.15) is 0 Å². The predicted octanol–water partition coefficient (Wildman–Crippen LogP) is 2.17. The van der Waals surface area contributed by atoms with Gasteiger partial charge >= 0.3 is 0 Å². The van der Waals surface area contributed by atoms with Gasteiger partial charge < -0.3 is 4.74 Å². The van der Waals surface area contributed by atoms with Crippen LogP contribution in [0.4, 0.5) is 0 Å². The molecule has 0 spiro atoms. The molecule has 0 radical (unpaired) electrons. The summed E-state index contributed by atoms with van der Waals surface area (Å²) in [5.41, 5.74) is 1.21. The van der Waals surface area contributed by atoms with Crippen molar-refractivity contribution in [2.75, 3.05) is 6.61 Å². The number of pyridine rings is 1. The van der Waals surface area contributed by atoms with Crippen LogP contribution in [-0.4, -0.2) is 11.6 Å². The lowest BCUT2D eigenvalue weighted by Gasteiger charge is -2.15. The van der Waals surface area contributed by atoms with Crippen molar-refractivity contribution in [3.8, 4) is 5.88 Å². The Morgan fingerprint density at radius 2 is 2.45 bits per heavy atom. The van der Waals surface area contributed by atoms with Crippen LogP contribution in [0.5, 0.6) is 5.88 Å². The van der Waals surface area contributed by atoms with Crippen molar-refractivity contribution in [1.82, 2.24) is 4.98 Å². The number of aryl methyl sites for hydroxylation is 1. The Hall–Kier alpha value is -0.570. The number of nitrogens with zero attached hydrogens (tertiary/aromatic N) is 1. The first-order chi connectivity index (χ1) is 5.36. The maximum atomic E-state index is 5.35. The molecular weight excluding hydrogens is 206 g/mol. The topological polar surface area (TPSA) is 22.1 Å². The normalized spacial score (nSPS) is 15.4. The molecule has 2 heterocycles. The van der Waals surface area contributed by atoms with Gasteiger partial charge in [-0.3, -0.25) is 0 Å². The summed E-state index contributed by atoms with van der Waals surface area (Å²) in [7, 11) is 0. The van der Waals surface area contributed by atoms with Crippen LogP contribution in [0.25, 0.3) is 0 Å². The zero-order chi connectivity index (χ0) is 7.68. The monoisotopic (exact) mass is 213 g/mol. The summed E-state index contributed by atoms with van der Waals surface area (Å²) >= 11 is 3.37. The average molecular weight is 214 g/mol. The molecule has 0 amide bonds. The summed E-state index contributed by atoms with van der Waals surface area (Å²) in [4.78, 5) is 4.15. The molecule has 0 unspecified atom stereocenters. The van der Waals surface area contributed by atoms with Gasteiger partial charge in [0, 0.05) is 16.2 Å². The van der Waals surface area contributed by atoms with E-state index in [1.54, 1.807) is 6.20 Å². The summed E-state index contributed by atoms with van der Waals surface area (Å²) in [6.45, 7) is 0.807. The number of ether oxygens (including phenoxy) is 1. The number of halogens is 1. The highest BCUT2D eigenvalue weighted by atomic mass is 79.9. The van der Waals surface area contributed by atoms with E-state index in [-0.39, 0.29) is 0 Å². The van der Waals surface area contributed by atoms with Crippen molar-refractivity contribution in [3.63, 3.8) is 0 Å². The van der Waals surface area contributed by atoms with Gasteiger partial charge in [0.1, 0.15) is 0 Å². The Labute approximate surface area is 73.7 Å². The molecule has 1 aliphatic rings. The van der Waals surface area contributed by atoms with Crippen LogP contribution in [0.3, 0.4) is 0 Å². The zero-order valence-electron chi connectivity index (χ0n) is 6.01. The lowest BCUT2D eigenvalue weighted by atomic mass is 10.1. The quantitative estimate of drug-likeness (QED) is 0.660. The van der Waals surface area contributed by atoms with Gasteiger partial charge in [0.25, 0.3) is 0 Å². The molecule has 1 aromatic heterocycles. The Kier molecular flexibility index (Phi) is 1.82. The largest absolute Gasteiger partial charge is 0.477 e. The summed E-state index contributed by atoms with van der Waals surface area (Å²) < 4.78 is 6.38. The van der Waals surface area contributed by atoms with Crippen LogP contribution < -0.4 is 4.74 Å². The molecule has 11 heavy (non-hydrogen) atoms. The predicted molar refractivity (Wildman–Crippen MR) is 45.8 cm³/mol. The van der Waals surface area contributed by atoms with Crippen LogP contribution in [-0.2, 0) is 6.42 Å². The van der Waals surface area contributed by atoms with Crippen LogP contribution in [0.15, 0.2) is 16.7 Å². The van der Waals surface area contributed by atoms with E-state index >= 15 is 0 Å². The van der Waals surface area contributed by atoms with Crippen LogP contribution in [0.1, 0.15) is 12.0 Å². The van der Waals surface area contributed by atoms with Crippen molar-refractivity contribution in [2.24, 2.45) is 0 Å². The fraction of sp³-hybridized carbons (Fsp3) is 0.375. The Morgan fingerprint density at radius 1 is 1.55 bits per heavy atom. The fourth-order valence-corrected chi connectivity index (χ4v) is 1.59. The third-order valence-corrected chi connectivity index (χ3v) is 2.15. The van der Waals surface area contributed by atoms with Crippen LogP contribution >= 0.6 is 15.9 Å². The van der Waals surface area contributed by atoms with E-state index in [2.05, 4.69) is 27.0 Å². The molecule has 0 saturated heterocycles. The van der Waals surface area contributed by atoms with E-state index in [1.807, 2.05) is 0 Å².